The van der Waals surface area contributed by atoms with Gasteiger partial charge in [-0.05, 0) is 31.4 Å². The number of aryl methyl sites for hydroxylation is 1. The van der Waals surface area contributed by atoms with E-state index in [1.807, 2.05) is 26.8 Å². The van der Waals surface area contributed by atoms with Gasteiger partial charge in [-0.2, -0.15) is 0 Å². The van der Waals surface area contributed by atoms with Crippen LogP contribution in [0.4, 0.5) is 0 Å². The number of sulfonamides is 1. The smallest absolute Gasteiger partial charge is 0.252 e. The van der Waals surface area contributed by atoms with Crippen LogP contribution in [-0.2, 0) is 10.0 Å². The molecular formula is C12H22N2O2S2. The Bertz CT molecular complexity index is 480. The van der Waals surface area contributed by atoms with Crippen LogP contribution >= 0.6 is 11.3 Å². The molecule has 0 amide bonds. The molecular weight excluding hydrogens is 268 g/mol. The van der Waals surface area contributed by atoms with E-state index in [1.54, 1.807) is 13.1 Å². The van der Waals surface area contributed by atoms with E-state index in [2.05, 4.69) is 0 Å². The van der Waals surface area contributed by atoms with Gasteiger partial charge in [0.25, 0.3) is 10.0 Å². The molecule has 0 fully saturated rings. The van der Waals surface area contributed by atoms with Gasteiger partial charge in [0.05, 0.1) is 0 Å². The van der Waals surface area contributed by atoms with E-state index in [0.717, 1.165) is 4.88 Å². The predicted molar refractivity (Wildman–Crippen MR) is 76.3 cm³/mol. The minimum Gasteiger partial charge on any atom is -0.327 e. The number of hydrogen-bond donors (Lipinski definition) is 1. The molecule has 0 aromatic carbocycles. The zero-order valence-electron chi connectivity index (χ0n) is 11.4. The Balaban J connectivity index is 2.69. The van der Waals surface area contributed by atoms with Crippen molar-refractivity contribution in [3.05, 3.63) is 17.0 Å². The number of nitrogens with zero attached hydrogens (tertiary/aromatic N) is 1. The molecule has 1 aromatic heterocycles. The van der Waals surface area contributed by atoms with E-state index in [4.69, 9.17) is 5.73 Å². The van der Waals surface area contributed by atoms with Gasteiger partial charge in [0.1, 0.15) is 4.21 Å². The van der Waals surface area contributed by atoms with E-state index in [9.17, 15) is 8.42 Å². The standard InChI is InChI=1S/C12H22N2O2S2/c1-9(2)11(13)7-8-14(4)18(15,16)12-6-5-10(3)17-12/h5-6,9,11H,7-8,13H2,1-4H3. The Morgan fingerprint density at radius 3 is 2.44 bits per heavy atom. The van der Waals surface area contributed by atoms with Crippen LogP contribution in [0.3, 0.4) is 0 Å². The summed E-state index contributed by atoms with van der Waals surface area (Å²) in [5.41, 5.74) is 5.93. The Labute approximate surface area is 114 Å². The molecule has 6 heteroatoms. The molecule has 0 radical (unpaired) electrons. The van der Waals surface area contributed by atoms with Crippen molar-refractivity contribution in [2.45, 2.75) is 37.4 Å². The van der Waals surface area contributed by atoms with Gasteiger partial charge >= 0.3 is 0 Å². The van der Waals surface area contributed by atoms with Gasteiger partial charge < -0.3 is 5.73 Å². The summed E-state index contributed by atoms with van der Waals surface area (Å²) >= 11 is 1.30. The van der Waals surface area contributed by atoms with Crippen LogP contribution in [0.5, 0.6) is 0 Å². The van der Waals surface area contributed by atoms with Crippen LogP contribution in [0.25, 0.3) is 0 Å². The van der Waals surface area contributed by atoms with E-state index in [-0.39, 0.29) is 6.04 Å². The Morgan fingerprint density at radius 2 is 2.00 bits per heavy atom. The average Bonchev–Trinajstić information content (AvgIpc) is 2.72. The maximum Gasteiger partial charge on any atom is 0.252 e. The van der Waals surface area contributed by atoms with Gasteiger partial charge in [0, 0.05) is 24.5 Å². The molecule has 1 rings (SSSR count). The van der Waals surface area contributed by atoms with Gasteiger partial charge in [-0.1, -0.05) is 13.8 Å². The summed E-state index contributed by atoms with van der Waals surface area (Å²) in [6.45, 7) is 6.45. The second-order valence-electron chi connectivity index (χ2n) is 4.89. The third kappa shape index (κ3) is 3.78. The summed E-state index contributed by atoms with van der Waals surface area (Å²) in [4.78, 5) is 1.00. The first-order valence-electron chi connectivity index (χ1n) is 6.03. The average molecular weight is 290 g/mol. The summed E-state index contributed by atoms with van der Waals surface area (Å²) in [5, 5.41) is 0. The normalized spacial score (nSPS) is 14.4. The molecule has 2 N–H and O–H groups in total. The number of hydrogen-bond acceptors (Lipinski definition) is 4. The lowest BCUT2D eigenvalue weighted by Gasteiger charge is -2.20. The van der Waals surface area contributed by atoms with Crippen LogP contribution in [0, 0.1) is 12.8 Å². The van der Waals surface area contributed by atoms with Gasteiger partial charge in [0.2, 0.25) is 0 Å². The van der Waals surface area contributed by atoms with Crippen LogP contribution in [0.2, 0.25) is 0 Å². The highest BCUT2D eigenvalue weighted by atomic mass is 32.2. The van der Waals surface area contributed by atoms with Crippen molar-refractivity contribution in [3.63, 3.8) is 0 Å². The summed E-state index contributed by atoms with van der Waals surface area (Å²) < 4.78 is 26.2. The monoisotopic (exact) mass is 290 g/mol. The SMILES string of the molecule is Cc1ccc(S(=O)(=O)N(C)CCC(N)C(C)C)s1. The molecule has 0 saturated heterocycles. The Kier molecular flexibility index (Phi) is 5.33. The number of rotatable bonds is 6. The van der Waals surface area contributed by atoms with Crippen molar-refractivity contribution in [1.29, 1.82) is 0 Å². The van der Waals surface area contributed by atoms with Gasteiger partial charge in [-0.15, -0.1) is 11.3 Å². The van der Waals surface area contributed by atoms with Gasteiger partial charge in [0.15, 0.2) is 0 Å². The highest BCUT2D eigenvalue weighted by Crippen LogP contribution is 2.23. The number of thiophene rings is 1. The molecule has 0 aliphatic carbocycles. The fraction of sp³-hybridized carbons (Fsp3) is 0.667. The quantitative estimate of drug-likeness (QED) is 0.872. The maximum atomic E-state index is 12.2. The summed E-state index contributed by atoms with van der Waals surface area (Å²) in [6.07, 6.45) is 0.678. The molecule has 4 nitrogen and oxygen atoms in total. The van der Waals surface area contributed by atoms with Crippen LogP contribution in [-0.4, -0.2) is 32.4 Å². The number of nitrogens with two attached hydrogens (primary N) is 1. The van der Waals surface area contributed by atoms with E-state index in [1.165, 1.54) is 15.6 Å². The van der Waals surface area contributed by atoms with Crippen LogP contribution in [0.1, 0.15) is 25.1 Å². The fourth-order valence-electron chi connectivity index (χ4n) is 1.49. The molecule has 1 unspecified atom stereocenters. The summed E-state index contributed by atoms with van der Waals surface area (Å²) in [7, 11) is -1.73. The van der Waals surface area contributed by atoms with E-state index in [0.29, 0.717) is 23.1 Å². The minimum atomic E-state index is -3.34. The van der Waals surface area contributed by atoms with Crippen molar-refractivity contribution < 1.29 is 8.42 Å². The minimum absolute atomic E-state index is 0.0349. The zero-order valence-corrected chi connectivity index (χ0v) is 13.0. The molecule has 0 saturated carbocycles. The molecule has 1 heterocycles. The fourth-order valence-corrected chi connectivity index (χ4v) is 4.17. The highest BCUT2D eigenvalue weighted by molar-refractivity contribution is 7.91. The largest absolute Gasteiger partial charge is 0.327 e. The van der Waals surface area contributed by atoms with Crippen molar-refractivity contribution in [1.82, 2.24) is 4.31 Å². The predicted octanol–water partition coefficient (Wildman–Crippen LogP) is 2.05. The van der Waals surface area contributed by atoms with E-state index < -0.39 is 10.0 Å². The van der Waals surface area contributed by atoms with Crippen LogP contribution < -0.4 is 5.73 Å². The van der Waals surface area contributed by atoms with Crippen molar-refractivity contribution in [2.24, 2.45) is 11.7 Å². The Morgan fingerprint density at radius 1 is 1.39 bits per heavy atom. The highest BCUT2D eigenvalue weighted by Gasteiger charge is 2.23. The van der Waals surface area contributed by atoms with Gasteiger partial charge in [-0.3, -0.25) is 0 Å². The summed E-state index contributed by atoms with van der Waals surface area (Å²) in [5.74, 6) is 0.366. The van der Waals surface area contributed by atoms with Crippen molar-refractivity contribution in [2.75, 3.05) is 13.6 Å². The Hall–Kier alpha value is -0.430. The lowest BCUT2D eigenvalue weighted by atomic mass is 10.0. The molecule has 1 atom stereocenters. The first-order chi connectivity index (χ1) is 8.25. The molecule has 104 valence electrons. The third-order valence-electron chi connectivity index (χ3n) is 3.01. The molecule has 0 spiro atoms. The summed E-state index contributed by atoms with van der Waals surface area (Å²) in [6, 6.07) is 3.52. The molecule has 0 aliphatic rings. The van der Waals surface area contributed by atoms with E-state index >= 15 is 0 Å². The topological polar surface area (TPSA) is 63.4 Å². The first-order valence-corrected chi connectivity index (χ1v) is 8.29. The maximum absolute atomic E-state index is 12.2. The molecule has 0 aliphatic heterocycles. The second kappa shape index (κ2) is 6.14. The zero-order chi connectivity index (χ0) is 13.9. The van der Waals surface area contributed by atoms with Crippen molar-refractivity contribution in [3.8, 4) is 0 Å². The van der Waals surface area contributed by atoms with Crippen molar-refractivity contribution >= 4 is 21.4 Å². The second-order valence-corrected chi connectivity index (χ2v) is 8.45. The lowest BCUT2D eigenvalue weighted by molar-refractivity contribution is 0.398. The van der Waals surface area contributed by atoms with Crippen LogP contribution in [0.15, 0.2) is 16.3 Å². The lowest BCUT2D eigenvalue weighted by Crippen LogP contribution is -2.34. The van der Waals surface area contributed by atoms with Gasteiger partial charge in [-0.25, -0.2) is 12.7 Å². The third-order valence-corrected chi connectivity index (χ3v) is 6.34. The molecule has 1 aromatic rings. The molecule has 18 heavy (non-hydrogen) atoms. The first kappa shape index (κ1) is 15.6. The molecule has 0 bridgehead atoms.